The molecule has 2 aromatic carbocycles. The lowest BCUT2D eigenvalue weighted by Gasteiger charge is -2.22. The minimum atomic E-state index is -0.722. The van der Waals surface area contributed by atoms with Crippen LogP contribution in [0.25, 0.3) is 5.69 Å². The Bertz CT molecular complexity index is 1020. The van der Waals surface area contributed by atoms with Gasteiger partial charge in [-0.15, -0.1) is 5.10 Å². The second-order valence-corrected chi connectivity index (χ2v) is 6.35. The summed E-state index contributed by atoms with van der Waals surface area (Å²) in [5.74, 6) is -0.916. The zero-order chi connectivity index (χ0) is 20.2. The normalized spacial score (nSPS) is 14.6. The highest BCUT2D eigenvalue weighted by Crippen LogP contribution is 2.18. The zero-order valence-corrected chi connectivity index (χ0v) is 15.3. The van der Waals surface area contributed by atoms with Gasteiger partial charge >= 0.3 is 6.09 Å². The third-order valence-corrected chi connectivity index (χ3v) is 4.42. The first-order valence-corrected chi connectivity index (χ1v) is 8.92. The van der Waals surface area contributed by atoms with Gasteiger partial charge in [0.1, 0.15) is 0 Å². The number of hydrogen-bond donors (Lipinski definition) is 1. The number of imide groups is 1. The molecule has 2 heterocycles. The summed E-state index contributed by atoms with van der Waals surface area (Å²) in [5, 5.41) is 11.2. The van der Waals surface area contributed by atoms with Crippen molar-refractivity contribution in [1.82, 2.24) is 25.2 Å². The monoisotopic (exact) mass is 391 g/mol. The van der Waals surface area contributed by atoms with E-state index in [0.717, 1.165) is 16.2 Å². The van der Waals surface area contributed by atoms with Gasteiger partial charge in [0, 0.05) is 0 Å². The minimum Gasteiger partial charge on any atom is -0.439 e. The number of nitrogens with zero attached hydrogens (tertiary/aromatic N) is 4. The molecule has 1 aliphatic rings. The molecule has 0 saturated carbocycles. The number of carbonyl (C=O) groups excluding carboxylic acids is 3. The van der Waals surface area contributed by atoms with Crippen LogP contribution in [0.5, 0.6) is 0 Å². The molecule has 3 amide bonds. The number of carbonyl (C=O) groups is 3. The van der Waals surface area contributed by atoms with E-state index in [0.29, 0.717) is 0 Å². The Morgan fingerprint density at radius 3 is 2.41 bits per heavy atom. The number of amides is 3. The van der Waals surface area contributed by atoms with Gasteiger partial charge in [-0.05, 0) is 17.7 Å². The number of rotatable bonds is 6. The topological polar surface area (TPSA) is 106 Å². The molecule has 1 fully saturated rings. The lowest BCUT2D eigenvalue weighted by atomic mass is 10.1. The lowest BCUT2D eigenvalue weighted by molar-refractivity contribution is -0.126. The van der Waals surface area contributed by atoms with Gasteiger partial charge < -0.3 is 10.1 Å². The summed E-state index contributed by atoms with van der Waals surface area (Å²) in [5.41, 5.74) is 1.57. The molecule has 1 aromatic heterocycles. The van der Waals surface area contributed by atoms with Crippen LogP contribution in [0.4, 0.5) is 4.79 Å². The summed E-state index contributed by atoms with van der Waals surface area (Å²) in [6.07, 6.45) is 0.639. The number of ether oxygens (including phenoxy) is 1. The average molecular weight is 391 g/mol. The zero-order valence-electron chi connectivity index (χ0n) is 15.3. The van der Waals surface area contributed by atoms with Crippen molar-refractivity contribution >= 4 is 17.9 Å². The van der Waals surface area contributed by atoms with Crippen LogP contribution in [0, 0.1) is 0 Å². The van der Waals surface area contributed by atoms with Gasteiger partial charge in [-0.25, -0.2) is 9.69 Å². The van der Waals surface area contributed by atoms with Crippen molar-refractivity contribution in [1.29, 1.82) is 0 Å². The third-order valence-electron chi connectivity index (χ3n) is 4.42. The number of para-hydroxylation sites is 1. The van der Waals surface area contributed by atoms with Crippen LogP contribution in [0.1, 0.15) is 22.1 Å². The molecule has 1 aliphatic heterocycles. The van der Waals surface area contributed by atoms with E-state index in [4.69, 9.17) is 4.74 Å². The van der Waals surface area contributed by atoms with Crippen LogP contribution in [0.15, 0.2) is 66.9 Å². The van der Waals surface area contributed by atoms with Crippen LogP contribution < -0.4 is 5.32 Å². The van der Waals surface area contributed by atoms with Crippen molar-refractivity contribution in [2.45, 2.75) is 6.04 Å². The van der Waals surface area contributed by atoms with Crippen LogP contribution in [-0.2, 0) is 9.53 Å². The van der Waals surface area contributed by atoms with E-state index in [1.165, 1.54) is 11.0 Å². The van der Waals surface area contributed by atoms with Crippen molar-refractivity contribution in [3.63, 3.8) is 0 Å². The van der Waals surface area contributed by atoms with Crippen LogP contribution in [0.3, 0.4) is 0 Å². The van der Waals surface area contributed by atoms with Gasteiger partial charge in [0.2, 0.25) is 0 Å². The quantitative estimate of drug-likeness (QED) is 0.686. The Kier molecular flexibility index (Phi) is 5.02. The van der Waals surface area contributed by atoms with Gasteiger partial charge in [-0.3, -0.25) is 9.59 Å². The van der Waals surface area contributed by atoms with Crippen LogP contribution in [0.2, 0.25) is 0 Å². The SMILES string of the molecule is O=C(NC(CN1C(=O)COC1=O)c1ccccc1)c1cnn(-c2ccccc2)n1. The van der Waals surface area contributed by atoms with Gasteiger partial charge in [-0.2, -0.15) is 9.90 Å². The van der Waals surface area contributed by atoms with Crippen molar-refractivity contribution in [2.24, 2.45) is 0 Å². The first-order chi connectivity index (χ1) is 14.1. The van der Waals surface area contributed by atoms with Gasteiger partial charge in [0.25, 0.3) is 11.8 Å². The minimum absolute atomic E-state index is 0.0414. The lowest BCUT2D eigenvalue weighted by Crippen LogP contribution is -2.40. The number of benzene rings is 2. The smallest absolute Gasteiger partial charge is 0.417 e. The Hall–Kier alpha value is -4.01. The molecular weight excluding hydrogens is 374 g/mol. The summed E-state index contributed by atoms with van der Waals surface area (Å²) in [6.45, 7) is -0.333. The molecule has 1 unspecified atom stereocenters. The summed E-state index contributed by atoms with van der Waals surface area (Å²) in [4.78, 5) is 38.8. The van der Waals surface area contributed by atoms with Crippen LogP contribution >= 0.6 is 0 Å². The maximum atomic E-state index is 12.8. The van der Waals surface area contributed by atoms with Crippen molar-refractivity contribution in [3.8, 4) is 5.69 Å². The molecule has 0 spiro atoms. The fourth-order valence-corrected chi connectivity index (χ4v) is 2.94. The highest BCUT2D eigenvalue weighted by atomic mass is 16.6. The Morgan fingerprint density at radius 2 is 1.76 bits per heavy atom. The molecule has 1 N–H and O–H groups in total. The summed E-state index contributed by atoms with van der Waals surface area (Å²) >= 11 is 0. The molecule has 1 atom stereocenters. The fourth-order valence-electron chi connectivity index (χ4n) is 2.94. The molecule has 3 aromatic rings. The van der Waals surface area contributed by atoms with Crippen molar-refractivity contribution in [3.05, 3.63) is 78.1 Å². The van der Waals surface area contributed by atoms with E-state index in [9.17, 15) is 14.4 Å². The van der Waals surface area contributed by atoms with E-state index < -0.39 is 23.9 Å². The van der Waals surface area contributed by atoms with E-state index >= 15 is 0 Å². The highest BCUT2D eigenvalue weighted by molar-refractivity contribution is 5.98. The first kappa shape index (κ1) is 18.4. The molecular formula is C20H17N5O4. The fraction of sp³-hybridized carbons (Fsp3) is 0.150. The molecule has 0 aliphatic carbocycles. The van der Waals surface area contributed by atoms with Gasteiger partial charge in [-0.1, -0.05) is 48.5 Å². The van der Waals surface area contributed by atoms with E-state index in [-0.39, 0.29) is 18.8 Å². The van der Waals surface area contributed by atoms with Crippen molar-refractivity contribution in [2.75, 3.05) is 13.2 Å². The van der Waals surface area contributed by atoms with Gasteiger partial charge in [0.15, 0.2) is 12.3 Å². The molecule has 1 saturated heterocycles. The standard InChI is InChI=1S/C20H17N5O4/c26-18-13-29-20(28)24(18)12-17(14-7-3-1-4-8-14)22-19(27)16-11-21-25(23-16)15-9-5-2-6-10-15/h1-11,17H,12-13H2,(H,22,27). The predicted molar refractivity (Wildman–Crippen MR) is 101 cm³/mol. The molecule has 9 heteroatoms. The summed E-state index contributed by atoms with van der Waals surface area (Å²) < 4.78 is 4.76. The third kappa shape index (κ3) is 3.98. The molecule has 0 bridgehead atoms. The second-order valence-electron chi connectivity index (χ2n) is 6.35. The number of cyclic esters (lactones) is 1. The molecule has 0 radical (unpaired) electrons. The Morgan fingerprint density at radius 1 is 1.07 bits per heavy atom. The summed E-state index contributed by atoms with van der Waals surface area (Å²) in [7, 11) is 0. The number of hydrogen-bond acceptors (Lipinski definition) is 6. The molecule has 29 heavy (non-hydrogen) atoms. The van der Waals surface area contributed by atoms with Gasteiger partial charge in [0.05, 0.1) is 24.5 Å². The number of nitrogens with one attached hydrogen (secondary N) is 1. The maximum Gasteiger partial charge on any atom is 0.417 e. The van der Waals surface area contributed by atoms with E-state index in [2.05, 4.69) is 15.5 Å². The molecule has 9 nitrogen and oxygen atoms in total. The average Bonchev–Trinajstić information content (AvgIpc) is 3.37. The summed E-state index contributed by atoms with van der Waals surface area (Å²) in [6, 6.07) is 17.6. The number of aromatic nitrogens is 3. The Balaban J connectivity index is 1.54. The first-order valence-electron chi connectivity index (χ1n) is 8.92. The maximum absolute atomic E-state index is 12.8. The highest BCUT2D eigenvalue weighted by Gasteiger charge is 2.34. The predicted octanol–water partition coefficient (Wildman–Crippen LogP) is 1.72. The second kappa shape index (κ2) is 7.93. The van der Waals surface area contributed by atoms with E-state index in [1.807, 2.05) is 48.5 Å². The van der Waals surface area contributed by atoms with E-state index in [1.54, 1.807) is 12.1 Å². The van der Waals surface area contributed by atoms with Crippen molar-refractivity contribution < 1.29 is 19.1 Å². The molecule has 4 rings (SSSR count). The largest absolute Gasteiger partial charge is 0.439 e. The Labute approximate surface area is 165 Å². The van der Waals surface area contributed by atoms with Crippen LogP contribution in [-0.4, -0.2) is 51.0 Å². The molecule has 146 valence electrons.